The first-order valence-corrected chi connectivity index (χ1v) is 10.5. The molecule has 29 heavy (non-hydrogen) atoms. The number of benzene rings is 2. The summed E-state index contributed by atoms with van der Waals surface area (Å²) in [5.74, 6) is 1.44. The number of hydrogen-bond acceptors (Lipinski definition) is 5. The van der Waals surface area contributed by atoms with Crippen molar-refractivity contribution in [3.63, 3.8) is 0 Å². The molecule has 0 bridgehead atoms. The van der Waals surface area contributed by atoms with Crippen LogP contribution in [0.25, 0.3) is 0 Å². The maximum atomic E-state index is 10.6. The van der Waals surface area contributed by atoms with E-state index in [1.807, 2.05) is 54.6 Å². The number of likely N-dealkylation sites (tertiary alicyclic amines) is 1. The number of nitrogens with zero attached hydrogens (tertiary/aromatic N) is 1. The standard InChI is InChI=1S/C22H27N3O3S/c26-18(21-15-27-19-8-4-5-9-20(19)28-21)14-25-12-10-17(11-13-25)24-22(29)23-16-6-2-1-3-7-16/h1-9,17-18,21,26H,10-15H2,(H2,23,24,29). The Morgan fingerprint density at radius 3 is 2.52 bits per heavy atom. The maximum Gasteiger partial charge on any atom is 0.170 e. The van der Waals surface area contributed by atoms with Gasteiger partial charge in [0.05, 0.1) is 0 Å². The van der Waals surface area contributed by atoms with Crippen LogP contribution in [0.2, 0.25) is 0 Å². The highest BCUT2D eigenvalue weighted by molar-refractivity contribution is 7.80. The largest absolute Gasteiger partial charge is 0.486 e. The van der Waals surface area contributed by atoms with Crippen molar-refractivity contribution in [3.8, 4) is 11.5 Å². The molecule has 6 nitrogen and oxygen atoms in total. The van der Waals surface area contributed by atoms with Crippen molar-refractivity contribution in [1.29, 1.82) is 0 Å². The average molecular weight is 414 g/mol. The molecule has 2 aliphatic heterocycles. The molecule has 2 aliphatic rings. The van der Waals surface area contributed by atoms with Crippen molar-refractivity contribution < 1.29 is 14.6 Å². The van der Waals surface area contributed by atoms with Crippen molar-refractivity contribution in [3.05, 3.63) is 54.6 Å². The van der Waals surface area contributed by atoms with Crippen molar-refractivity contribution in [1.82, 2.24) is 10.2 Å². The average Bonchev–Trinajstić information content (AvgIpc) is 2.75. The van der Waals surface area contributed by atoms with Gasteiger partial charge in [0.1, 0.15) is 12.7 Å². The van der Waals surface area contributed by atoms with E-state index < -0.39 is 6.10 Å². The van der Waals surface area contributed by atoms with Gasteiger partial charge in [0, 0.05) is 31.4 Å². The van der Waals surface area contributed by atoms with E-state index in [2.05, 4.69) is 15.5 Å². The molecule has 0 saturated carbocycles. The molecule has 154 valence electrons. The fraction of sp³-hybridized carbons (Fsp3) is 0.409. The van der Waals surface area contributed by atoms with Gasteiger partial charge in [0.2, 0.25) is 0 Å². The van der Waals surface area contributed by atoms with Gasteiger partial charge in [-0.05, 0) is 49.3 Å². The second-order valence-electron chi connectivity index (χ2n) is 7.52. The number of piperidine rings is 1. The van der Waals surface area contributed by atoms with Crippen LogP contribution in [0.15, 0.2) is 54.6 Å². The highest BCUT2D eigenvalue weighted by Crippen LogP contribution is 2.31. The molecule has 0 aromatic heterocycles. The fourth-order valence-electron chi connectivity index (χ4n) is 3.74. The molecule has 2 aromatic rings. The molecule has 2 heterocycles. The monoisotopic (exact) mass is 413 g/mol. The number of aliphatic hydroxyl groups excluding tert-OH is 1. The van der Waals surface area contributed by atoms with Crippen LogP contribution in [0.4, 0.5) is 5.69 Å². The Morgan fingerprint density at radius 2 is 1.76 bits per heavy atom. The van der Waals surface area contributed by atoms with Crippen LogP contribution in [0.3, 0.4) is 0 Å². The van der Waals surface area contributed by atoms with Gasteiger partial charge in [-0.1, -0.05) is 30.3 Å². The molecule has 3 N–H and O–H groups in total. The Hall–Kier alpha value is -2.35. The Labute approximate surface area is 176 Å². The minimum Gasteiger partial charge on any atom is -0.486 e. The second kappa shape index (κ2) is 9.43. The summed E-state index contributed by atoms with van der Waals surface area (Å²) < 4.78 is 11.6. The third kappa shape index (κ3) is 5.38. The molecule has 4 rings (SSSR count). The highest BCUT2D eigenvalue weighted by atomic mass is 32.1. The summed E-state index contributed by atoms with van der Waals surface area (Å²) in [4.78, 5) is 2.28. The normalized spacial score (nSPS) is 20.7. The van der Waals surface area contributed by atoms with E-state index in [0.717, 1.165) is 37.4 Å². The van der Waals surface area contributed by atoms with Gasteiger partial charge >= 0.3 is 0 Å². The summed E-state index contributed by atoms with van der Waals surface area (Å²) in [7, 11) is 0. The third-order valence-electron chi connectivity index (χ3n) is 5.36. The van der Waals surface area contributed by atoms with Crippen LogP contribution < -0.4 is 20.1 Å². The molecule has 0 spiro atoms. The number of aliphatic hydroxyl groups is 1. The molecule has 1 saturated heterocycles. The van der Waals surface area contributed by atoms with Gasteiger partial charge < -0.3 is 30.1 Å². The lowest BCUT2D eigenvalue weighted by molar-refractivity contribution is -0.0281. The van der Waals surface area contributed by atoms with Gasteiger partial charge in [-0.2, -0.15) is 0 Å². The third-order valence-corrected chi connectivity index (χ3v) is 5.58. The summed E-state index contributed by atoms with van der Waals surface area (Å²) in [5.41, 5.74) is 0.988. The lowest BCUT2D eigenvalue weighted by Gasteiger charge is -2.36. The number of thiocarbonyl (C=S) groups is 1. The molecule has 2 unspecified atom stereocenters. The van der Waals surface area contributed by atoms with E-state index in [9.17, 15) is 5.11 Å². The van der Waals surface area contributed by atoms with Crippen LogP contribution in [0, 0.1) is 0 Å². The zero-order valence-corrected chi connectivity index (χ0v) is 17.1. The molecule has 2 aromatic carbocycles. The summed E-state index contributed by atoms with van der Waals surface area (Å²) in [5, 5.41) is 17.9. The molecule has 0 amide bonds. The summed E-state index contributed by atoms with van der Waals surface area (Å²) >= 11 is 5.43. The van der Waals surface area contributed by atoms with Gasteiger partial charge in [0.15, 0.2) is 22.7 Å². The SMILES string of the molecule is OC(CN1CCC(NC(=S)Nc2ccccc2)CC1)C1COc2ccccc2O1. The van der Waals surface area contributed by atoms with E-state index in [4.69, 9.17) is 21.7 Å². The molecule has 0 radical (unpaired) electrons. The lowest BCUT2D eigenvalue weighted by atomic mass is 10.0. The smallest absolute Gasteiger partial charge is 0.170 e. The number of hydrogen-bond donors (Lipinski definition) is 3. The number of ether oxygens (including phenoxy) is 2. The summed E-state index contributed by atoms with van der Waals surface area (Å²) in [6.07, 6.45) is 1.03. The molecule has 7 heteroatoms. The first kappa shape index (κ1) is 19.9. The zero-order chi connectivity index (χ0) is 20.1. The van der Waals surface area contributed by atoms with Gasteiger partial charge in [-0.3, -0.25) is 0 Å². The minimum absolute atomic E-state index is 0.341. The van der Waals surface area contributed by atoms with Gasteiger partial charge in [0.25, 0.3) is 0 Å². The van der Waals surface area contributed by atoms with E-state index in [-0.39, 0.29) is 6.10 Å². The molecule has 2 atom stereocenters. The van der Waals surface area contributed by atoms with E-state index in [0.29, 0.717) is 30.1 Å². The fourth-order valence-corrected chi connectivity index (χ4v) is 4.03. The Bertz CT molecular complexity index is 812. The predicted molar refractivity (Wildman–Crippen MR) is 118 cm³/mol. The van der Waals surface area contributed by atoms with Crippen molar-refractivity contribution in [2.45, 2.75) is 31.1 Å². The predicted octanol–water partition coefficient (Wildman–Crippen LogP) is 2.64. The summed E-state index contributed by atoms with van der Waals surface area (Å²) in [6, 6.07) is 17.8. The zero-order valence-electron chi connectivity index (χ0n) is 16.3. The molecular formula is C22H27N3O3S. The molecule has 0 aliphatic carbocycles. The topological polar surface area (TPSA) is 66.0 Å². The van der Waals surface area contributed by atoms with E-state index >= 15 is 0 Å². The van der Waals surface area contributed by atoms with Crippen LogP contribution >= 0.6 is 12.2 Å². The number of rotatable bonds is 5. The maximum absolute atomic E-state index is 10.6. The van der Waals surface area contributed by atoms with Crippen LogP contribution in [-0.2, 0) is 0 Å². The van der Waals surface area contributed by atoms with Crippen LogP contribution in [-0.4, -0.2) is 59.6 Å². The van der Waals surface area contributed by atoms with Crippen LogP contribution in [0.5, 0.6) is 11.5 Å². The van der Waals surface area contributed by atoms with Crippen molar-refractivity contribution in [2.24, 2.45) is 0 Å². The molecule has 1 fully saturated rings. The lowest BCUT2D eigenvalue weighted by Crippen LogP contribution is -2.50. The van der Waals surface area contributed by atoms with Gasteiger partial charge in [-0.25, -0.2) is 0 Å². The Balaban J connectivity index is 1.19. The number of nitrogens with one attached hydrogen (secondary N) is 2. The number of fused-ring (bicyclic) bond motifs is 1. The van der Waals surface area contributed by atoms with Crippen LogP contribution in [0.1, 0.15) is 12.8 Å². The first-order chi connectivity index (χ1) is 14.2. The Kier molecular flexibility index (Phi) is 6.49. The van der Waals surface area contributed by atoms with E-state index in [1.165, 1.54) is 0 Å². The number of anilines is 1. The van der Waals surface area contributed by atoms with E-state index in [1.54, 1.807) is 0 Å². The first-order valence-electron chi connectivity index (χ1n) is 10.1. The quantitative estimate of drug-likeness (QED) is 0.651. The second-order valence-corrected chi connectivity index (χ2v) is 7.93. The Morgan fingerprint density at radius 1 is 1.07 bits per heavy atom. The number of β-amino-alcohol motifs (C(OH)–C–C–N with tert-alkyl or cyclic N) is 1. The van der Waals surface area contributed by atoms with Crippen molar-refractivity contribution >= 4 is 23.0 Å². The minimum atomic E-state index is -0.589. The molecular weight excluding hydrogens is 386 g/mol. The number of para-hydroxylation sites is 3. The van der Waals surface area contributed by atoms with Gasteiger partial charge in [-0.15, -0.1) is 0 Å². The van der Waals surface area contributed by atoms with Crippen molar-refractivity contribution in [2.75, 3.05) is 31.6 Å². The summed E-state index contributed by atoms with van der Waals surface area (Å²) in [6.45, 7) is 2.77. The highest BCUT2D eigenvalue weighted by Gasteiger charge is 2.30.